The van der Waals surface area contributed by atoms with E-state index in [9.17, 15) is 9.59 Å². The van der Waals surface area contributed by atoms with Crippen molar-refractivity contribution in [2.24, 2.45) is 11.8 Å². The van der Waals surface area contributed by atoms with Gasteiger partial charge in [-0.1, -0.05) is 78.1 Å². The Labute approximate surface area is 166 Å². The third kappa shape index (κ3) is 11.4. The predicted octanol–water partition coefficient (Wildman–Crippen LogP) is 6.21. The van der Waals surface area contributed by atoms with E-state index in [0.717, 1.165) is 38.5 Å². The second-order valence-electron chi connectivity index (χ2n) is 8.08. The van der Waals surface area contributed by atoms with E-state index < -0.39 is 0 Å². The Morgan fingerprint density at radius 3 is 1.67 bits per heavy atom. The van der Waals surface area contributed by atoms with Crippen molar-refractivity contribution in [2.45, 2.75) is 110 Å². The van der Waals surface area contributed by atoms with Crippen LogP contribution >= 0.6 is 0 Å². The zero-order valence-corrected chi connectivity index (χ0v) is 17.8. The lowest BCUT2D eigenvalue weighted by Crippen LogP contribution is -2.30. The number of unbranched alkanes of at least 4 members (excludes halogenated alkanes) is 9. The van der Waals surface area contributed by atoms with Gasteiger partial charge in [-0.05, 0) is 32.1 Å². The summed E-state index contributed by atoms with van der Waals surface area (Å²) in [6.07, 6.45) is 16.8. The largest absolute Gasteiger partial charge is 0.465 e. The summed E-state index contributed by atoms with van der Waals surface area (Å²) in [7, 11) is 0. The van der Waals surface area contributed by atoms with Gasteiger partial charge >= 0.3 is 11.9 Å². The lowest BCUT2D eigenvalue weighted by molar-refractivity contribution is -0.155. The molecule has 1 saturated carbocycles. The van der Waals surface area contributed by atoms with Gasteiger partial charge in [-0.3, -0.25) is 9.59 Å². The second-order valence-corrected chi connectivity index (χ2v) is 8.08. The first-order valence-electron chi connectivity index (χ1n) is 11.5. The van der Waals surface area contributed by atoms with Crippen LogP contribution in [0.25, 0.3) is 0 Å². The Kier molecular flexibility index (Phi) is 14.2. The van der Waals surface area contributed by atoms with Crippen molar-refractivity contribution >= 4 is 11.9 Å². The van der Waals surface area contributed by atoms with Gasteiger partial charge in [0.25, 0.3) is 0 Å². The normalized spacial score (nSPS) is 19.6. The fourth-order valence-corrected chi connectivity index (χ4v) is 3.82. The molecule has 1 fully saturated rings. The van der Waals surface area contributed by atoms with Crippen molar-refractivity contribution < 1.29 is 19.1 Å². The average Bonchev–Trinajstić information content (AvgIpc) is 2.70. The maximum atomic E-state index is 12.3. The highest BCUT2D eigenvalue weighted by Gasteiger charge is 2.32. The molecule has 0 radical (unpaired) electrons. The van der Waals surface area contributed by atoms with E-state index in [1.165, 1.54) is 51.4 Å². The molecule has 4 nitrogen and oxygen atoms in total. The van der Waals surface area contributed by atoms with Gasteiger partial charge in [-0.25, -0.2) is 0 Å². The van der Waals surface area contributed by atoms with E-state index in [1.807, 2.05) is 6.92 Å². The van der Waals surface area contributed by atoms with Crippen LogP contribution in [0.4, 0.5) is 0 Å². The molecular weight excluding hydrogens is 340 g/mol. The number of esters is 2. The quantitative estimate of drug-likeness (QED) is 0.249. The summed E-state index contributed by atoms with van der Waals surface area (Å²) in [5.41, 5.74) is 0. The minimum absolute atomic E-state index is 0.112. The Morgan fingerprint density at radius 2 is 1.15 bits per heavy atom. The van der Waals surface area contributed by atoms with Crippen molar-refractivity contribution in [3.63, 3.8) is 0 Å². The SMILES string of the molecule is CCCCCCCCCCCCOC(=O)C1CCCC(C(=O)OCCC)C1. The van der Waals surface area contributed by atoms with Crippen molar-refractivity contribution in [3.8, 4) is 0 Å². The van der Waals surface area contributed by atoms with Crippen LogP contribution in [0.1, 0.15) is 110 Å². The standard InChI is InChI=1S/C23H42O4/c1-3-5-6-7-8-9-10-11-12-13-18-27-23(25)21-16-14-15-20(19-21)22(24)26-17-4-2/h20-21H,3-19H2,1-2H3. The molecule has 27 heavy (non-hydrogen) atoms. The molecule has 1 aliphatic rings. The Morgan fingerprint density at radius 1 is 0.667 bits per heavy atom. The van der Waals surface area contributed by atoms with Crippen molar-refractivity contribution in [1.29, 1.82) is 0 Å². The van der Waals surface area contributed by atoms with Crippen LogP contribution in [0.5, 0.6) is 0 Å². The molecule has 0 aromatic carbocycles. The van der Waals surface area contributed by atoms with Crippen molar-refractivity contribution in [2.75, 3.05) is 13.2 Å². The predicted molar refractivity (Wildman–Crippen MR) is 110 cm³/mol. The van der Waals surface area contributed by atoms with Gasteiger partial charge in [0, 0.05) is 0 Å². The maximum Gasteiger partial charge on any atom is 0.308 e. The molecule has 0 amide bonds. The summed E-state index contributed by atoms with van der Waals surface area (Å²) >= 11 is 0. The van der Waals surface area contributed by atoms with Gasteiger partial charge in [0.1, 0.15) is 0 Å². The molecule has 0 bridgehead atoms. The molecule has 158 valence electrons. The Balaban J connectivity index is 2.03. The molecule has 0 aromatic rings. The zero-order valence-electron chi connectivity index (χ0n) is 17.8. The molecule has 2 atom stereocenters. The number of carbonyl (C=O) groups is 2. The van der Waals surface area contributed by atoms with Gasteiger partial charge in [-0.15, -0.1) is 0 Å². The van der Waals surface area contributed by atoms with Crippen molar-refractivity contribution in [3.05, 3.63) is 0 Å². The van der Waals surface area contributed by atoms with Crippen LogP contribution in [0.15, 0.2) is 0 Å². The highest BCUT2D eigenvalue weighted by Crippen LogP contribution is 2.30. The van der Waals surface area contributed by atoms with Crippen LogP contribution in [0.3, 0.4) is 0 Å². The fourth-order valence-electron chi connectivity index (χ4n) is 3.82. The Bertz CT molecular complexity index is 394. The number of hydrogen-bond donors (Lipinski definition) is 0. The van der Waals surface area contributed by atoms with Crippen LogP contribution in [0, 0.1) is 11.8 Å². The smallest absolute Gasteiger partial charge is 0.308 e. The molecular formula is C23H42O4. The van der Waals surface area contributed by atoms with Gasteiger partial charge < -0.3 is 9.47 Å². The number of hydrogen-bond acceptors (Lipinski definition) is 4. The molecule has 4 heteroatoms. The van der Waals surface area contributed by atoms with Crippen LogP contribution in [-0.2, 0) is 19.1 Å². The molecule has 2 unspecified atom stereocenters. The van der Waals surface area contributed by atoms with E-state index in [2.05, 4.69) is 6.92 Å². The minimum atomic E-state index is -0.135. The van der Waals surface area contributed by atoms with E-state index in [1.54, 1.807) is 0 Å². The number of rotatable bonds is 15. The number of ether oxygens (including phenoxy) is 2. The maximum absolute atomic E-state index is 12.3. The monoisotopic (exact) mass is 382 g/mol. The molecule has 0 spiro atoms. The molecule has 0 saturated heterocycles. The molecule has 0 N–H and O–H groups in total. The topological polar surface area (TPSA) is 52.6 Å². The minimum Gasteiger partial charge on any atom is -0.465 e. The number of carbonyl (C=O) groups excluding carboxylic acids is 2. The zero-order chi connectivity index (χ0) is 19.7. The van der Waals surface area contributed by atoms with E-state index in [4.69, 9.17) is 9.47 Å². The van der Waals surface area contributed by atoms with Gasteiger partial charge in [0.05, 0.1) is 25.0 Å². The van der Waals surface area contributed by atoms with Crippen LogP contribution in [-0.4, -0.2) is 25.2 Å². The van der Waals surface area contributed by atoms with Crippen LogP contribution in [0.2, 0.25) is 0 Å². The summed E-state index contributed by atoms with van der Waals surface area (Å²) in [5.74, 6) is -0.496. The molecule has 0 aromatic heterocycles. The van der Waals surface area contributed by atoms with Gasteiger partial charge in [0.2, 0.25) is 0 Å². The molecule has 1 rings (SSSR count). The first-order valence-corrected chi connectivity index (χ1v) is 11.5. The second kappa shape index (κ2) is 15.9. The highest BCUT2D eigenvalue weighted by molar-refractivity contribution is 5.76. The summed E-state index contributed by atoms with van der Waals surface area (Å²) in [6.45, 7) is 5.24. The third-order valence-corrected chi connectivity index (χ3v) is 5.53. The summed E-state index contributed by atoms with van der Waals surface area (Å²) in [4.78, 5) is 24.3. The van der Waals surface area contributed by atoms with Gasteiger partial charge in [-0.2, -0.15) is 0 Å². The molecule has 0 aliphatic heterocycles. The van der Waals surface area contributed by atoms with Crippen LogP contribution < -0.4 is 0 Å². The third-order valence-electron chi connectivity index (χ3n) is 5.53. The van der Waals surface area contributed by atoms with E-state index >= 15 is 0 Å². The highest BCUT2D eigenvalue weighted by atomic mass is 16.5. The van der Waals surface area contributed by atoms with E-state index in [0.29, 0.717) is 19.6 Å². The average molecular weight is 383 g/mol. The summed E-state index contributed by atoms with van der Waals surface area (Å²) in [5, 5.41) is 0. The van der Waals surface area contributed by atoms with E-state index in [-0.39, 0.29) is 23.8 Å². The lowest BCUT2D eigenvalue weighted by Gasteiger charge is -2.26. The summed E-state index contributed by atoms with van der Waals surface area (Å²) < 4.78 is 10.7. The fraction of sp³-hybridized carbons (Fsp3) is 0.913. The van der Waals surface area contributed by atoms with Gasteiger partial charge in [0.15, 0.2) is 0 Å². The lowest BCUT2D eigenvalue weighted by atomic mass is 9.81. The first kappa shape index (κ1) is 24.0. The Hall–Kier alpha value is -1.06. The van der Waals surface area contributed by atoms with Crippen molar-refractivity contribution in [1.82, 2.24) is 0 Å². The molecule has 1 aliphatic carbocycles. The molecule has 0 heterocycles. The summed E-state index contributed by atoms with van der Waals surface area (Å²) in [6, 6.07) is 0. The first-order chi connectivity index (χ1) is 13.2.